The first-order valence-electron chi connectivity index (χ1n) is 10.3. The minimum Gasteiger partial charge on any atom is -0.340 e. The van der Waals surface area contributed by atoms with E-state index in [1.165, 1.54) is 0 Å². The van der Waals surface area contributed by atoms with Crippen LogP contribution in [0.4, 0.5) is 0 Å². The number of carbonyl (C=O) groups excluding carboxylic acids is 2. The van der Waals surface area contributed by atoms with Crippen molar-refractivity contribution < 1.29 is 9.59 Å². The molecule has 0 spiro atoms. The number of aromatic nitrogens is 1. The molecule has 2 amide bonds. The number of carbonyl (C=O) groups is 2. The number of benzene rings is 3. The Hall–Kier alpha value is -3.15. The molecule has 5 nitrogen and oxygen atoms in total. The molecular weight excluding hydrogens is 410 g/mol. The SMILES string of the molecule is CN(C)CCCn1c2ccccc2c2c3c(c(-c4ccccc4Cl)cc21)C(=O)NC3=O. The van der Waals surface area contributed by atoms with Gasteiger partial charge in [0.05, 0.1) is 16.6 Å². The standard InChI is InChI=1S/C25H22ClN3O2/c1-28(2)12-7-13-29-19-11-6-4-9-16(19)21-20(29)14-17(15-8-3-5-10-18(15)26)22-23(21)25(31)27-24(22)30/h3-6,8-11,14H,7,12-13H2,1-2H3,(H,27,30,31). The second kappa shape index (κ2) is 7.52. The molecule has 0 saturated heterocycles. The number of aryl methyl sites for hydroxylation is 1. The zero-order valence-electron chi connectivity index (χ0n) is 17.4. The molecular formula is C25H22ClN3O2. The molecule has 1 aromatic heterocycles. The molecule has 5 rings (SSSR count). The topological polar surface area (TPSA) is 54.3 Å². The van der Waals surface area contributed by atoms with E-state index in [9.17, 15) is 9.59 Å². The summed E-state index contributed by atoms with van der Waals surface area (Å²) in [6.45, 7) is 1.76. The highest BCUT2D eigenvalue weighted by molar-refractivity contribution is 6.36. The Morgan fingerprint density at radius 1 is 0.903 bits per heavy atom. The summed E-state index contributed by atoms with van der Waals surface area (Å²) in [5.41, 5.74) is 4.28. The highest BCUT2D eigenvalue weighted by atomic mass is 35.5. The summed E-state index contributed by atoms with van der Waals surface area (Å²) in [5.74, 6) is -0.726. The van der Waals surface area contributed by atoms with Gasteiger partial charge in [-0.15, -0.1) is 0 Å². The smallest absolute Gasteiger partial charge is 0.259 e. The average Bonchev–Trinajstić information content (AvgIpc) is 3.22. The molecule has 156 valence electrons. The van der Waals surface area contributed by atoms with Crippen LogP contribution in [0, 0.1) is 0 Å². The number of halogens is 1. The van der Waals surface area contributed by atoms with Gasteiger partial charge in [-0.3, -0.25) is 14.9 Å². The van der Waals surface area contributed by atoms with Gasteiger partial charge in [-0.05, 0) is 50.8 Å². The maximum Gasteiger partial charge on any atom is 0.259 e. The van der Waals surface area contributed by atoms with E-state index in [1.54, 1.807) is 6.07 Å². The molecule has 0 fully saturated rings. The Bertz CT molecular complexity index is 1370. The van der Waals surface area contributed by atoms with Crippen molar-refractivity contribution in [3.63, 3.8) is 0 Å². The van der Waals surface area contributed by atoms with Gasteiger partial charge >= 0.3 is 0 Å². The lowest BCUT2D eigenvalue weighted by Crippen LogP contribution is -2.20. The van der Waals surface area contributed by atoms with Crippen LogP contribution in [0.1, 0.15) is 27.1 Å². The third-order valence-corrected chi connectivity index (χ3v) is 6.22. The molecule has 0 atom stereocenters. The molecule has 4 aromatic rings. The number of hydrogen-bond acceptors (Lipinski definition) is 3. The predicted octanol–water partition coefficient (Wildman–Crippen LogP) is 4.95. The molecule has 1 N–H and O–H groups in total. The summed E-state index contributed by atoms with van der Waals surface area (Å²) < 4.78 is 2.25. The van der Waals surface area contributed by atoms with E-state index in [0.717, 1.165) is 46.9 Å². The molecule has 1 aliphatic heterocycles. The van der Waals surface area contributed by atoms with Crippen molar-refractivity contribution in [2.75, 3.05) is 20.6 Å². The van der Waals surface area contributed by atoms with E-state index < -0.39 is 0 Å². The van der Waals surface area contributed by atoms with Crippen LogP contribution in [-0.4, -0.2) is 41.9 Å². The van der Waals surface area contributed by atoms with Gasteiger partial charge in [-0.2, -0.15) is 0 Å². The van der Waals surface area contributed by atoms with Crippen molar-refractivity contribution in [2.24, 2.45) is 0 Å². The monoisotopic (exact) mass is 431 g/mol. The van der Waals surface area contributed by atoms with Crippen molar-refractivity contribution in [1.82, 2.24) is 14.8 Å². The lowest BCUT2D eigenvalue weighted by atomic mass is 9.93. The molecule has 0 radical (unpaired) electrons. The normalized spacial score (nSPS) is 13.4. The van der Waals surface area contributed by atoms with Gasteiger partial charge in [0.15, 0.2) is 0 Å². The minimum absolute atomic E-state index is 0.352. The van der Waals surface area contributed by atoms with Gasteiger partial charge < -0.3 is 9.47 Å². The summed E-state index contributed by atoms with van der Waals surface area (Å²) in [7, 11) is 4.12. The first kappa shape index (κ1) is 19.8. The number of rotatable bonds is 5. The molecule has 3 aromatic carbocycles. The molecule has 31 heavy (non-hydrogen) atoms. The summed E-state index contributed by atoms with van der Waals surface area (Å²) in [5, 5.41) is 4.86. The average molecular weight is 432 g/mol. The Labute approximate surface area is 185 Å². The van der Waals surface area contributed by atoms with E-state index in [2.05, 4.69) is 34.9 Å². The maximum atomic E-state index is 12.9. The van der Waals surface area contributed by atoms with Crippen LogP contribution in [0.15, 0.2) is 54.6 Å². The van der Waals surface area contributed by atoms with E-state index in [1.807, 2.05) is 42.5 Å². The van der Waals surface area contributed by atoms with Crippen LogP contribution < -0.4 is 5.32 Å². The number of para-hydroxylation sites is 1. The number of imide groups is 1. The van der Waals surface area contributed by atoms with Crippen LogP contribution >= 0.6 is 11.6 Å². The molecule has 6 heteroatoms. The second-order valence-electron chi connectivity index (χ2n) is 8.16. The van der Waals surface area contributed by atoms with Crippen LogP contribution in [0.5, 0.6) is 0 Å². The zero-order chi connectivity index (χ0) is 21.7. The van der Waals surface area contributed by atoms with Gasteiger partial charge in [0.25, 0.3) is 11.8 Å². The van der Waals surface area contributed by atoms with E-state index in [-0.39, 0.29) is 11.8 Å². The maximum absolute atomic E-state index is 12.9. The summed E-state index contributed by atoms with van der Waals surface area (Å²) >= 11 is 6.50. The minimum atomic E-state index is -0.374. The molecule has 0 aliphatic carbocycles. The largest absolute Gasteiger partial charge is 0.340 e. The molecule has 0 saturated carbocycles. The van der Waals surface area contributed by atoms with Crippen LogP contribution in [0.3, 0.4) is 0 Å². The predicted molar refractivity (Wildman–Crippen MR) is 125 cm³/mol. The Balaban J connectivity index is 1.87. The van der Waals surface area contributed by atoms with Crippen LogP contribution in [0.2, 0.25) is 5.02 Å². The van der Waals surface area contributed by atoms with E-state index in [4.69, 9.17) is 11.6 Å². The number of hydrogen-bond donors (Lipinski definition) is 1. The number of nitrogens with one attached hydrogen (secondary N) is 1. The molecule has 0 bridgehead atoms. The fourth-order valence-corrected chi connectivity index (χ4v) is 4.81. The Kier molecular flexibility index (Phi) is 4.80. The highest BCUT2D eigenvalue weighted by Gasteiger charge is 2.34. The number of nitrogens with zero attached hydrogens (tertiary/aromatic N) is 2. The Morgan fingerprint density at radius 2 is 1.61 bits per heavy atom. The number of amides is 2. The fraction of sp³-hybridized carbons (Fsp3) is 0.200. The van der Waals surface area contributed by atoms with Gasteiger partial charge in [0.1, 0.15) is 0 Å². The third-order valence-electron chi connectivity index (χ3n) is 5.89. The highest BCUT2D eigenvalue weighted by Crippen LogP contribution is 2.41. The van der Waals surface area contributed by atoms with Gasteiger partial charge in [0.2, 0.25) is 0 Å². The first-order valence-corrected chi connectivity index (χ1v) is 10.7. The summed E-state index contributed by atoms with van der Waals surface area (Å²) in [6, 6.07) is 17.5. The van der Waals surface area contributed by atoms with Gasteiger partial charge in [-0.25, -0.2) is 0 Å². The lowest BCUT2D eigenvalue weighted by Gasteiger charge is -2.14. The fourth-order valence-electron chi connectivity index (χ4n) is 4.57. The molecule has 2 heterocycles. The van der Waals surface area contributed by atoms with Crippen LogP contribution in [-0.2, 0) is 6.54 Å². The van der Waals surface area contributed by atoms with Crippen molar-refractivity contribution in [1.29, 1.82) is 0 Å². The Morgan fingerprint density at radius 3 is 2.39 bits per heavy atom. The summed E-state index contributed by atoms with van der Waals surface area (Å²) in [4.78, 5) is 27.9. The lowest BCUT2D eigenvalue weighted by molar-refractivity contribution is 0.0880. The zero-order valence-corrected chi connectivity index (χ0v) is 18.2. The van der Waals surface area contributed by atoms with Crippen molar-refractivity contribution >= 4 is 45.2 Å². The number of fused-ring (bicyclic) bond motifs is 5. The van der Waals surface area contributed by atoms with Crippen LogP contribution in [0.25, 0.3) is 32.9 Å². The van der Waals surface area contributed by atoms with E-state index in [0.29, 0.717) is 21.7 Å². The second-order valence-corrected chi connectivity index (χ2v) is 8.56. The van der Waals surface area contributed by atoms with Gasteiger partial charge in [0, 0.05) is 33.4 Å². The van der Waals surface area contributed by atoms with Crippen molar-refractivity contribution in [3.05, 3.63) is 70.7 Å². The van der Waals surface area contributed by atoms with Gasteiger partial charge in [-0.1, -0.05) is 48.0 Å². The third kappa shape index (κ3) is 3.12. The quantitative estimate of drug-likeness (QED) is 0.455. The van der Waals surface area contributed by atoms with Crippen molar-refractivity contribution in [3.8, 4) is 11.1 Å². The first-order chi connectivity index (χ1) is 15.0. The molecule has 1 aliphatic rings. The van der Waals surface area contributed by atoms with E-state index >= 15 is 0 Å². The summed E-state index contributed by atoms with van der Waals surface area (Å²) in [6.07, 6.45) is 0.963. The molecule has 0 unspecified atom stereocenters. The van der Waals surface area contributed by atoms with Crippen molar-refractivity contribution in [2.45, 2.75) is 13.0 Å².